The summed E-state index contributed by atoms with van der Waals surface area (Å²) >= 11 is 0. The summed E-state index contributed by atoms with van der Waals surface area (Å²) in [4.78, 5) is 9.78. The van der Waals surface area contributed by atoms with Crippen LogP contribution < -0.4 is 0 Å². The van der Waals surface area contributed by atoms with E-state index in [9.17, 15) is 5.11 Å². The maximum Gasteiger partial charge on any atom is 0.145 e. The molecule has 0 atom stereocenters. The number of benzene rings is 4. The number of para-hydroxylation sites is 2. The van der Waals surface area contributed by atoms with Crippen molar-refractivity contribution in [2.75, 3.05) is 0 Å². The minimum Gasteiger partial charge on any atom is -0.506 e. The first-order chi connectivity index (χ1) is 19.4. The number of phenols is 1. The van der Waals surface area contributed by atoms with Crippen LogP contribution in [0.15, 0.2) is 109 Å². The number of aromatic nitrogens is 3. The average Bonchev–Trinajstić information content (AvgIpc) is 3.30. The summed E-state index contributed by atoms with van der Waals surface area (Å²) in [7, 11) is 0. The van der Waals surface area contributed by atoms with E-state index in [-0.39, 0.29) is 32.2 Å². The molecule has 3 aromatic heterocycles. The molecule has 0 saturated carbocycles. The van der Waals surface area contributed by atoms with Crippen molar-refractivity contribution in [1.29, 1.82) is 0 Å². The number of phenolic OH excluding ortho intramolecular Hbond substituents is 1. The van der Waals surface area contributed by atoms with Crippen LogP contribution in [0.2, 0.25) is 0 Å². The number of nitrogens with zero attached hydrogens (tertiary/aromatic N) is 3. The van der Waals surface area contributed by atoms with E-state index in [0.29, 0.717) is 5.52 Å². The molecule has 1 N–H and O–H groups in total. The standard InChI is InChI=1S/C36H28N3O.Pt/c1-36(2,3)27-18-26(31-21-24(16-17-37-31)23-10-5-4-6-11-23)19-28(22-27)39-32-14-8-7-13-29(32)30-20-25-12-9-15-33(40)34(25)38-35(30)39;/h4-18,20-22,40H,1-3H3;/q-1;. The quantitative estimate of drug-likeness (QED) is 0.186. The fourth-order valence-corrected chi connectivity index (χ4v) is 5.43. The van der Waals surface area contributed by atoms with Gasteiger partial charge < -0.3 is 14.7 Å². The third-order valence-corrected chi connectivity index (χ3v) is 7.56. The van der Waals surface area contributed by atoms with E-state index in [2.05, 4.69) is 98.1 Å². The first-order valence-electron chi connectivity index (χ1n) is 13.5. The Bertz CT molecular complexity index is 2060. The molecule has 0 spiro atoms. The fourth-order valence-electron chi connectivity index (χ4n) is 5.43. The summed E-state index contributed by atoms with van der Waals surface area (Å²) < 4.78 is 2.16. The molecule has 204 valence electrons. The maximum absolute atomic E-state index is 10.6. The molecule has 0 amide bonds. The van der Waals surface area contributed by atoms with E-state index in [4.69, 9.17) is 9.97 Å². The Morgan fingerprint density at radius 2 is 1.54 bits per heavy atom. The van der Waals surface area contributed by atoms with Crippen molar-refractivity contribution < 1.29 is 26.2 Å². The summed E-state index contributed by atoms with van der Waals surface area (Å²) in [6, 6.07) is 38.6. The van der Waals surface area contributed by atoms with Crippen molar-refractivity contribution in [3.05, 3.63) is 121 Å². The van der Waals surface area contributed by atoms with Crippen LogP contribution in [0.4, 0.5) is 0 Å². The molecule has 0 radical (unpaired) electrons. The van der Waals surface area contributed by atoms with Gasteiger partial charge in [-0.05, 0) is 52.2 Å². The Morgan fingerprint density at radius 3 is 2.34 bits per heavy atom. The van der Waals surface area contributed by atoms with Gasteiger partial charge in [-0.25, -0.2) is 4.98 Å². The van der Waals surface area contributed by atoms with Crippen LogP contribution >= 0.6 is 0 Å². The number of hydrogen-bond acceptors (Lipinski definition) is 3. The van der Waals surface area contributed by atoms with Gasteiger partial charge in [-0.1, -0.05) is 87.5 Å². The van der Waals surface area contributed by atoms with Gasteiger partial charge in [-0.15, -0.1) is 29.3 Å². The smallest absolute Gasteiger partial charge is 0.145 e. The van der Waals surface area contributed by atoms with Crippen LogP contribution in [0.3, 0.4) is 0 Å². The molecular weight excluding hydrogens is 685 g/mol. The summed E-state index contributed by atoms with van der Waals surface area (Å²) in [6.07, 6.45) is 1.87. The van der Waals surface area contributed by atoms with Crippen molar-refractivity contribution in [3.8, 4) is 33.8 Å². The zero-order chi connectivity index (χ0) is 27.4. The SMILES string of the molecule is CC(C)(C)c1cc(-c2cc(-c3ccccc3)ccn2)[c-]c(-n2c3ccccc3c3cc4cccc(O)c4nc32)c1.[Pt]. The van der Waals surface area contributed by atoms with Crippen LogP contribution in [0.1, 0.15) is 26.3 Å². The third kappa shape index (κ3) is 4.73. The van der Waals surface area contributed by atoms with E-state index in [1.165, 1.54) is 5.56 Å². The zero-order valence-corrected chi connectivity index (χ0v) is 25.3. The van der Waals surface area contributed by atoms with Gasteiger partial charge in [0.15, 0.2) is 0 Å². The normalized spacial score (nSPS) is 11.7. The van der Waals surface area contributed by atoms with Gasteiger partial charge in [0.05, 0.1) is 5.52 Å². The Kier molecular flexibility index (Phi) is 6.75. The maximum atomic E-state index is 10.6. The Balaban J connectivity index is 0.00000302. The number of aromatic hydroxyl groups is 1. The number of fused-ring (bicyclic) bond motifs is 4. The average molecular weight is 714 g/mol. The van der Waals surface area contributed by atoms with Crippen LogP contribution in [0, 0.1) is 6.07 Å². The molecule has 0 bridgehead atoms. The van der Waals surface area contributed by atoms with E-state index >= 15 is 0 Å². The predicted molar refractivity (Wildman–Crippen MR) is 164 cm³/mol. The molecule has 3 heterocycles. The Hall–Kier alpha value is -4.27. The molecule has 4 nitrogen and oxygen atoms in total. The molecule has 41 heavy (non-hydrogen) atoms. The van der Waals surface area contributed by atoms with Crippen LogP contribution in [-0.2, 0) is 26.5 Å². The molecule has 0 aliphatic heterocycles. The van der Waals surface area contributed by atoms with E-state index in [1.807, 2.05) is 36.5 Å². The Morgan fingerprint density at radius 1 is 0.756 bits per heavy atom. The zero-order valence-electron chi connectivity index (χ0n) is 23.0. The largest absolute Gasteiger partial charge is 0.506 e. The second-order valence-electron chi connectivity index (χ2n) is 11.3. The summed E-state index contributed by atoms with van der Waals surface area (Å²) in [6.45, 7) is 6.66. The first kappa shape index (κ1) is 26.9. The van der Waals surface area contributed by atoms with E-state index < -0.39 is 0 Å². The van der Waals surface area contributed by atoms with Crippen LogP contribution in [0.25, 0.3) is 60.9 Å². The van der Waals surface area contributed by atoms with Gasteiger partial charge in [0.1, 0.15) is 16.9 Å². The van der Waals surface area contributed by atoms with Gasteiger partial charge in [0, 0.05) is 43.4 Å². The molecule has 7 aromatic rings. The van der Waals surface area contributed by atoms with Crippen LogP contribution in [-0.4, -0.2) is 19.6 Å². The molecule has 0 aliphatic carbocycles. The number of pyridine rings is 2. The van der Waals surface area contributed by atoms with Gasteiger partial charge >= 0.3 is 0 Å². The minimum absolute atomic E-state index is 0. The minimum atomic E-state index is -0.104. The topological polar surface area (TPSA) is 50.9 Å². The van der Waals surface area contributed by atoms with Crippen molar-refractivity contribution in [3.63, 3.8) is 0 Å². The van der Waals surface area contributed by atoms with Crippen LogP contribution in [0.5, 0.6) is 5.75 Å². The van der Waals surface area contributed by atoms with Gasteiger partial charge in [0.25, 0.3) is 0 Å². The van der Waals surface area contributed by atoms with Crippen molar-refractivity contribution in [2.24, 2.45) is 0 Å². The van der Waals surface area contributed by atoms with Gasteiger partial charge in [-0.2, -0.15) is 0 Å². The second kappa shape index (κ2) is 10.3. The summed E-state index contributed by atoms with van der Waals surface area (Å²) in [5.41, 5.74) is 8.43. The molecular formula is C36H28N3OPt-. The van der Waals surface area contributed by atoms with Crippen molar-refractivity contribution >= 4 is 32.8 Å². The third-order valence-electron chi connectivity index (χ3n) is 7.56. The first-order valence-corrected chi connectivity index (χ1v) is 13.5. The molecule has 0 aliphatic rings. The molecule has 4 aromatic carbocycles. The van der Waals surface area contributed by atoms with E-state index in [0.717, 1.165) is 55.4 Å². The predicted octanol–water partition coefficient (Wildman–Crippen LogP) is 8.86. The monoisotopic (exact) mass is 713 g/mol. The fraction of sp³-hybridized carbons (Fsp3) is 0.111. The number of hydrogen-bond donors (Lipinski definition) is 1. The Labute approximate surface area is 253 Å². The number of rotatable bonds is 3. The second-order valence-corrected chi connectivity index (χ2v) is 11.3. The summed E-state index contributed by atoms with van der Waals surface area (Å²) in [5, 5.41) is 13.7. The van der Waals surface area contributed by atoms with Gasteiger partial charge in [0.2, 0.25) is 0 Å². The molecule has 0 unspecified atom stereocenters. The van der Waals surface area contributed by atoms with Crippen molar-refractivity contribution in [1.82, 2.24) is 14.5 Å². The summed E-state index contributed by atoms with van der Waals surface area (Å²) in [5.74, 6) is 0.172. The molecule has 5 heteroatoms. The molecule has 7 rings (SSSR count). The molecule has 0 saturated heterocycles. The molecule has 0 fully saturated rings. The van der Waals surface area contributed by atoms with E-state index in [1.54, 1.807) is 6.07 Å². The van der Waals surface area contributed by atoms with Crippen molar-refractivity contribution in [2.45, 2.75) is 26.2 Å². The van der Waals surface area contributed by atoms with Gasteiger partial charge in [-0.3, -0.25) is 0 Å².